The lowest BCUT2D eigenvalue weighted by Gasteiger charge is -2.22. The molecule has 3 N–H and O–H groups in total. The number of hydrogen-bond acceptors (Lipinski definition) is 5. The number of ether oxygens (including phenoxy) is 2. The van der Waals surface area contributed by atoms with E-state index in [1.807, 2.05) is 13.0 Å². The van der Waals surface area contributed by atoms with E-state index in [2.05, 4.69) is 17.3 Å². The summed E-state index contributed by atoms with van der Waals surface area (Å²) in [5.41, 5.74) is 3.69. The minimum Gasteiger partial charge on any atom is -0.492 e. The lowest BCUT2D eigenvalue weighted by molar-refractivity contribution is 0.0829. The van der Waals surface area contributed by atoms with Crippen molar-refractivity contribution in [1.82, 2.24) is 10.4 Å². The third-order valence-electron chi connectivity index (χ3n) is 2.59. The number of hydrazine groups is 1. The van der Waals surface area contributed by atoms with Crippen LogP contribution in [0.4, 0.5) is 0 Å². The maximum atomic E-state index is 5.53. The first-order valence-electron chi connectivity index (χ1n) is 5.79. The van der Waals surface area contributed by atoms with Crippen LogP contribution in [0.3, 0.4) is 0 Å². The van der Waals surface area contributed by atoms with Crippen LogP contribution in [0.5, 0.6) is 5.75 Å². The molecule has 0 aliphatic carbocycles. The number of nitrogens with two attached hydrogens (primary N) is 1. The Balaban J connectivity index is 2.81. The molecule has 1 aromatic heterocycles. The Morgan fingerprint density at radius 2 is 2.24 bits per heavy atom. The first kappa shape index (κ1) is 13.9. The lowest BCUT2D eigenvalue weighted by Crippen LogP contribution is -2.36. The molecule has 0 aliphatic heterocycles. The Hall–Kier alpha value is -1.17. The van der Waals surface area contributed by atoms with Gasteiger partial charge in [-0.1, -0.05) is 6.92 Å². The van der Waals surface area contributed by atoms with Gasteiger partial charge in [-0.3, -0.25) is 16.3 Å². The van der Waals surface area contributed by atoms with E-state index in [9.17, 15) is 0 Å². The van der Waals surface area contributed by atoms with Crippen LogP contribution in [-0.4, -0.2) is 24.8 Å². The summed E-state index contributed by atoms with van der Waals surface area (Å²) in [7, 11) is 1.65. The number of aromatic nitrogens is 1. The molecule has 96 valence electrons. The highest BCUT2D eigenvalue weighted by atomic mass is 16.5. The molecule has 2 atom stereocenters. The fourth-order valence-electron chi connectivity index (χ4n) is 1.54. The molecule has 0 aliphatic rings. The van der Waals surface area contributed by atoms with Crippen LogP contribution in [0.25, 0.3) is 0 Å². The van der Waals surface area contributed by atoms with Crippen LogP contribution in [0.1, 0.15) is 31.9 Å². The zero-order chi connectivity index (χ0) is 12.7. The molecule has 1 rings (SSSR count). The van der Waals surface area contributed by atoms with Crippen molar-refractivity contribution in [3.63, 3.8) is 0 Å². The minimum absolute atomic E-state index is 0.0387. The van der Waals surface area contributed by atoms with Crippen LogP contribution in [0, 0.1) is 0 Å². The van der Waals surface area contributed by atoms with Crippen LogP contribution < -0.4 is 16.0 Å². The molecule has 1 heterocycles. The smallest absolute Gasteiger partial charge is 0.137 e. The van der Waals surface area contributed by atoms with Crippen molar-refractivity contribution in [3.8, 4) is 5.75 Å². The third kappa shape index (κ3) is 3.96. The summed E-state index contributed by atoms with van der Waals surface area (Å²) in [6.07, 6.45) is 4.39. The zero-order valence-electron chi connectivity index (χ0n) is 10.6. The molecule has 5 heteroatoms. The number of pyridine rings is 1. The highest BCUT2D eigenvalue weighted by molar-refractivity contribution is 5.26. The predicted octanol–water partition coefficient (Wildman–Crippen LogP) is 1.41. The summed E-state index contributed by atoms with van der Waals surface area (Å²) in [4.78, 5) is 4.15. The second-order valence-electron chi connectivity index (χ2n) is 3.89. The average Bonchev–Trinajstić information content (AvgIpc) is 2.37. The molecular formula is C12H21N3O2. The summed E-state index contributed by atoms with van der Waals surface area (Å²) in [6.45, 7) is 4.70. The van der Waals surface area contributed by atoms with Crippen LogP contribution in [-0.2, 0) is 4.74 Å². The van der Waals surface area contributed by atoms with Gasteiger partial charge in [-0.05, 0) is 25.0 Å². The molecule has 5 nitrogen and oxygen atoms in total. The van der Waals surface area contributed by atoms with Gasteiger partial charge >= 0.3 is 0 Å². The molecular weight excluding hydrogens is 218 g/mol. The number of rotatable bonds is 7. The van der Waals surface area contributed by atoms with Crippen molar-refractivity contribution >= 4 is 0 Å². The highest BCUT2D eigenvalue weighted by Crippen LogP contribution is 2.21. The number of nitrogens with one attached hydrogen (secondary N) is 1. The molecule has 0 spiro atoms. The fourth-order valence-corrected chi connectivity index (χ4v) is 1.54. The van der Waals surface area contributed by atoms with E-state index < -0.39 is 0 Å². The number of nitrogens with zero attached hydrogens (tertiary/aromatic N) is 1. The van der Waals surface area contributed by atoms with Crippen molar-refractivity contribution in [2.75, 3.05) is 13.7 Å². The van der Waals surface area contributed by atoms with Gasteiger partial charge in [0.2, 0.25) is 0 Å². The normalized spacial score (nSPS) is 14.4. The van der Waals surface area contributed by atoms with Gasteiger partial charge in [0, 0.05) is 13.3 Å². The molecule has 0 radical (unpaired) electrons. The molecule has 0 fully saturated rings. The SMILES string of the molecule is CCCOc1cncc(C(NN)C(C)OC)c1. The van der Waals surface area contributed by atoms with Crippen molar-refractivity contribution in [2.45, 2.75) is 32.4 Å². The quantitative estimate of drug-likeness (QED) is 0.556. The van der Waals surface area contributed by atoms with Crippen LogP contribution in [0.15, 0.2) is 18.5 Å². The summed E-state index contributed by atoms with van der Waals surface area (Å²) < 4.78 is 10.8. The summed E-state index contributed by atoms with van der Waals surface area (Å²) in [5.74, 6) is 6.29. The van der Waals surface area contributed by atoms with Crippen molar-refractivity contribution in [2.24, 2.45) is 5.84 Å². The van der Waals surface area contributed by atoms with Crippen molar-refractivity contribution in [3.05, 3.63) is 24.0 Å². The van der Waals surface area contributed by atoms with Gasteiger partial charge in [-0.2, -0.15) is 0 Å². The average molecular weight is 239 g/mol. The van der Waals surface area contributed by atoms with E-state index in [1.54, 1.807) is 19.5 Å². The molecule has 0 bridgehead atoms. The largest absolute Gasteiger partial charge is 0.492 e. The van der Waals surface area contributed by atoms with Gasteiger partial charge in [-0.15, -0.1) is 0 Å². The Morgan fingerprint density at radius 1 is 1.47 bits per heavy atom. The molecule has 0 saturated carbocycles. The van der Waals surface area contributed by atoms with E-state index >= 15 is 0 Å². The number of hydrogen-bond donors (Lipinski definition) is 2. The standard InChI is InChI=1S/C12H21N3O2/c1-4-5-17-11-6-10(7-14-8-11)12(15-13)9(2)16-3/h6-9,12,15H,4-5,13H2,1-3H3. The molecule has 17 heavy (non-hydrogen) atoms. The van der Waals surface area contributed by atoms with Crippen molar-refractivity contribution < 1.29 is 9.47 Å². The van der Waals surface area contributed by atoms with Crippen molar-refractivity contribution in [1.29, 1.82) is 0 Å². The predicted molar refractivity (Wildman–Crippen MR) is 66.6 cm³/mol. The maximum absolute atomic E-state index is 5.53. The van der Waals surface area contributed by atoms with E-state index in [-0.39, 0.29) is 12.1 Å². The van der Waals surface area contributed by atoms with Gasteiger partial charge in [-0.25, -0.2) is 0 Å². The molecule has 2 unspecified atom stereocenters. The molecule has 0 amide bonds. The van der Waals surface area contributed by atoms with Gasteiger partial charge in [0.1, 0.15) is 5.75 Å². The van der Waals surface area contributed by atoms with E-state index in [1.165, 1.54) is 0 Å². The van der Waals surface area contributed by atoms with Gasteiger partial charge in [0.25, 0.3) is 0 Å². The first-order chi connectivity index (χ1) is 8.22. The Labute approximate surface area is 102 Å². The fraction of sp³-hybridized carbons (Fsp3) is 0.583. The van der Waals surface area contributed by atoms with Gasteiger partial charge in [0.05, 0.1) is 24.9 Å². The monoisotopic (exact) mass is 239 g/mol. The minimum atomic E-state index is -0.0994. The van der Waals surface area contributed by atoms with Gasteiger partial charge < -0.3 is 9.47 Å². The third-order valence-corrected chi connectivity index (χ3v) is 2.59. The van der Waals surface area contributed by atoms with E-state index in [0.29, 0.717) is 6.61 Å². The molecule has 0 aromatic carbocycles. The zero-order valence-corrected chi connectivity index (χ0v) is 10.6. The highest BCUT2D eigenvalue weighted by Gasteiger charge is 2.18. The van der Waals surface area contributed by atoms with E-state index in [0.717, 1.165) is 17.7 Å². The maximum Gasteiger partial charge on any atom is 0.137 e. The number of methoxy groups -OCH3 is 1. The lowest BCUT2D eigenvalue weighted by atomic mass is 10.1. The summed E-state index contributed by atoms with van der Waals surface area (Å²) >= 11 is 0. The summed E-state index contributed by atoms with van der Waals surface area (Å²) in [6, 6.07) is 1.83. The Kier molecular flexibility index (Phi) is 5.90. The van der Waals surface area contributed by atoms with Crippen LogP contribution in [0.2, 0.25) is 0 Å². The second kappa shape index (κ2) is 7.21. The molecule has 1 aromatic rings. The van der Waals surface area contributed by atoms with Gasteiger partial charge in [0.15, 0.2) is 0 Å². The Morgan fingerprint density at radius 3 is 2.82 bits per heavy atom. The Bertz CT molecular complexity index is 333. The van der Waals surface area contributed by atoms with Crippen LogP contribution >= 0.6 is 0 Å². The molecule has 0 saturated heterocycles. The topological polar surface area (TPSA) is 69.4 Å². The summed E-state index contributed by atoms with van der Waals surface area (Å²) in [5, 5.41) is 0. The second-order valence-corrected chi connectivity index (χ2v) is 3.89. The van der Waals surface area contributed by atoms with E-state index in [4.69, 9.17) is 15.3 Å². The first-order valence-corrected chi connectivity index (χ1v) is 5.79.